The van der Waals surface area contributed by atoms with Crippen LogP contribution in [0.3, 0.4) is 0 Å². The second-order valence-corrected chi connectivity index (χ2v) is 12.4. The van der Waals surface area contributed by atoms with Crippen LogP contribution in [0.2, 0.25) is 5.02 Å². The summed E-state index contributed by atoms with van der Waals surface area (Å²) in [6.07, 6.45) is 1.69. The average molecular weight is 655 g/mol. The maximum atomic E-state index is 13.5. The predicted octanol–water partition coefficient (Wildman–Crippen LogP) is 4.73. The molecule has 1 fully saturated rings. The van der Waals surface area contributed by atoms with Gasteiger partial charge in [0.15, 0.2) is 0 Å². The number of halogens is 1. The summed E-state index contributed by atoms with van der Waals surface area (Å²) in [5.74, 6) is -3.13. The van der Waals surface area contributed by atoms with E-state index in [0.717, 1.165) is 5.56 Å². The molecule has 2 aliphatic rings. The van der Waals surface area contributed by atoms with E-state index in [1.54, 1.807) is 31.2 Å². The van der Waals surface area contributed by atoms with Gasteiger partial charge in [0.25, 0.3) is 0 Å². The van der Waals surface area contributed by atoms with Crippen molar-refractivity contribution < 1.29 is 38.1 Å². The molecule has 2 heterocycles. The summed E-state index contributed by atoms with van der Waals surface area (Å²) >= 11 is 6.30. The van der Waals surface area contributed by atoms with Crippen LogP contribution in [0.25, 0.3) is 0 Å². The fourth-order valence-electron chi connectivity index (χ4n) is 5.36. The monoisotopic (exact) mass is 654 g/mol. The van der Waals surface area contributed by atoms with Crippen LogP contribution in [0.15, 0.2) is 60.7 Å². The van der Waals surface area contributed by atoms with Crippen LogP contribution < -0.4 is 15.4 Å². The molecule has 8 atom stereocenters. The molecule has 4 rings (SSSR count). The number of rotatable bonds is 8. The second-order valence-electron chi connectivity index (χ2n) is 12.0. The van der Waals surface area contributed by atoms with Gasteiger partial charge in [-0.15, -0.1) is 0 Å². The summed E-state index contributed by atoms with van der Waals surface area (Å²) < 4.78 is 23.0. The molecule has 2 N–H and O–H groups in total. The van der Waals surface area contributed by atoms with Crippen LogP contribution in [-0.2, 0) is 39.8 Å². The molecule has 46 heavy (non-hydrogen) atoms. The van der Waals surface area contributed by atoms with Crippen molar-refractivity contribution in [1.29, 1.82) is 0 Å². The highest BCUT2D eigenvalue weighted by atomic mass is 35.5. The zero-order valence-electron chi connectivity index (χ0n) is 26.9. The van der Waals surface area contributed by atoms with Crippen molar-refractivity contribution >= 4 is 35.4 Å². The number of carbonyl (C=O) groups is 4. The topological polar surface area (TPSA) is 133 Å². The summed E-state index contributed by atoms with van der Waals surface area (Å²) in [5.41, 5.74) is 1.73. The summed E-state index contributed by atoms with van der Waals surface area (Å²) in [4.78, 5) is 53.1. The predicted molar refractivity (Wildman–Crippen MR) is 172 cm³/mol. The minimum atomic E-state index is -1.14. The van der Waals surface area contributed by atoms with E-state index in [2.05, 4.69) is 10.6 Å². The number of hydrogen-bond donors (Lipinski definition) is 2. The molecule has 2 aliphatic heterocycles. The van der Waals surface area contributed by atoms with Crippen LogP contribution in [0.1, 0.15) is 57.8 Å². The number of epoxide rings is 1. The van der Waals surface area contributed by atoms with E-state index in [-0.39, 0.29) is 43.4 Å². The Labute approximate surface area is 275 Å². The highest BCUT2D eigenvalue weighted by Crippen LogP contribution is 2.45. The minimum absolute atomic E-state index is 0.0644. The van der Waals surface area contributed by atoms with E-state index < -0.39 is 47.9 Å². The van der Waals surface area contributed by atoms with Crippen LogP contribution in [0.4, 0.5) is 0 Å². The van der Waals surface area contributed by atoms with Gasteiger partial charge in [0.1, 0.15) is 24.0 Å². The third-order valence-corrected chi connectivity index (χ3v) is 8.87. The quantitative estimate of drug-likeness (QED) is 0.308. The average Bonchev–Trinajstić information content (AvgIpc) is 3.85. The van der Waals surface area contributed by atoms with Gasteiger partial charge in [-0.05, 0) is 35.8 Å². The van der Waals surface area contributed by atoms with Crippen LogP contribution >= 0.6 is 11.6 Å². The first kappa shape index (κ1) is 35.0. The van der Waals surface area contributed by atoms with Gasteiger partial charge in [-0.2, -0.15) is 0 Å². The largest absolute Gasteiger partial charge is 0.495 e. The number of nitrogens with one attached hydrogen (secondary N) is 2. The van der Waals surface area contributed by atoms with E-state index in [1.165, 1.54) is 13.2 Å². The molecule has 248 valence electrons. The van der Waals surface area contributed by atoms with Gasteiger partial charge in [-0.1, -0.05) is 81.8 Å². The zero-order valence-corrected chi connectivity index (χ0v) is 27.6. The number of hydrogen-bond acceptors (Lipinski definition) is 8. The molecular formula is C35H43ClN2O8. The Balaban J connectivity index is 1.59. The van der Waals surface area contributed by atoms with Crippen LogP contribution in [-0.4, -0.2) is 61.8 Å². The Hall–Kier alpha value is -3.89. The first-order chi connectivity index (χ1) is 22.0. The van der Waals surface area contributed by atoms with Crippen LogP contribution in [0.5, 0.6) is 5.75 Å². The minimum Gasteiger partial charge on any atom is -0.495 e. The third-order valence-electron chi connectivity index (χ3n) is 8.57. The highest BCUT2D eigenvalue weighted by Gasteiger charge is 2.48. The number of benzene rings is 2. The Morgan fingerprint density at radius 3 is 2.43 bits per heavy atom. The lowest BCUT2D eigenvalue weighted by molar-refractivity contribution is -0.179. The van der Waals surface area contributed by atoms with Crippen LogP contribution in [0, 0.1) is 17.8 Å². The Morgan fingerprint density at radius 1 is 1.02 bits per heavy atom. The Morgan fingerprint density at radius 2 is 1.76 bits per heavy atom. The molecule has 0 radical (unpaired) electrons. The molecular weight excluding hydrogens is 612 g/mol. The number of ether oxygens (including phenoxy) is 4. The first-order valence-electron chi connectivity index (χ1n) is 15.7. The van der Waals surface area contributed by atoms with E-state index in [9.17, 15) is 19.2 Å². The standard InChI is InChI=1S/C35H43ClN2O8/c1-6-20(2)30-35(42)44-27(22(4)31-32(45-31)24-11-8-7-9-12-24)13-10-14-29(39)38-26(33(40)37-19-21(3)34(41)46-30)18-23-15-16-28(43-5)25(36)17-23/h7-12,14-17,20-22,26-27,30-32H,6,13,18-19H2,1-5H3,(H,37,40)(H,38,39)/b14-10+. The molecule has 0 aliphatic carbocycles. The maximum absolute atomic E-state index is 13.5. The molecule has 11 heteroatoms. The molecule has 0 aromatic heterocycles. The first-order valence-corrected chi connectivity index (χ1v) is 16.1. The summed E-state index contributed by atoms with van der Waals surface area (Å²) in [6.45, 7) is 7.19. The van der Waals surface area contributed by atoms with E-state index in [0.29, 0.717) is 22.8 Å². The Kier molecular flexibility index (Phi) is 12.2. The van der Waals surface area contributed by atoms with Crippen molar-refractivity contribution in [3.05, 3.63) is 76.8 Å². The van der Waals surface area contributed by atoms with Crippen molar-refractivity contribution in [2.75, 3.05) is 13.7 Å². The Bertz CT molecular complexity index is 1420. The van der Waals surface area contributed by atoms with Crippen molar-refractivity contribution in [2.45, 2.75) is 77.4 Å². The lowest BCUT2D eigenvalue weighted by Crippen LogP contribution is -2.49. The summed E-state index contributed by atoms with van der Waals surface area (Å²) in [7, 11) is 1.51. The normalized spacial score (nSPS) is 28.1. The second kappa shape index (κ2) is 16.1. The molecule has 2 aromatic carbocycles. The number of cyclic esters (lactones) is 2. The molecule has 2 aromatic rings. The molecule has 1 saturated heterocycles. The van der Waals surface area contributed by atoms with Gasteiger partial charge in [0, 0.05) is 31.2 Å². The highest BCUT2D eigenvalue weighted by molar-refractivity contribution is 6.32. The van der Waals surface area contributed by atoms with Crippen molar-refractivity contribution in [3.8, 4) is 5.75 Å². The SMILES string of the molecule is CCC(C)C1OC(=O)C(C)CNC(=O)C(Cc2ccc(OC)c(Cl)c2)NC(=O)/C=C/CC(C(C)C2OC2c2ccccc2)OC1=O. The molecule has 0 bridgehead atoms. The number of methoxy groups -OCH3 is 1. The molecule has 0 saturated carbocycles. The number of esters is 2. The van der Waals surface area contributed by atoms with E-state index >= 15 is 0 Å². The van der Waals surface area contributed by atoms with Crippen molar-refractivity contribution in [2.24, 2.45) is 17.8 Å². The lowest BCUT2D eigenvalue weighted by atomic mass is 9.93. The van der Waals surface area contributed by atoms with Gasteiger partial charge < -0.3 is 29.6 Å². The zero-order chi connectivity index (χ0) is 33.4. The summed E-state index contributed by atoms with van der Waals surface area (Å²) in [6, 6.07) is 13.9. The number of carbonyl (C=O) groups excluding carboxylic acids is 4. The van der Waals surface area contributed by atoms with Crippen molar-refractivity contribution in [1.82, 2.24) is 10.6 Å². The van der Waals surface area contributed by atoms with Gasteiger partial charge in [0.05, 0.1) is 24.2 Å². The fourth-order valence-corrected chi connectivity index (χ4v) is 5.64. The molecule has 8 unspecified atom stereocenters. The molecule has 2 amide bonds. The van der Waals surface area contributed by atoms with Gasteiger partial charge in [-0.25, -0.2) is 4.79 Å². The smallest absolute Gasteiger partial charge is 0.348 e. The van der Waals surface area contributed by atoms with Gasteiger partial charge >= 0.3 is 11.9 Å². The summed E-state index contributed by atoms with van der Waals surface area (Å²) in [5, 5.41) is 5.86. The van der Waals surface area contributed by atoms with E-state index in [4.69, 9.17) is 30.5 Å². The molecule has 10 nitrogen and oxygen atoms in total. The third kappa shape index (κ3) is 9.10. The maximum Gasteiger partial charge on any atom is 0.348 e. The fraction of sp³-hybridized carbons (Fsp3) is 0.486. The van der Waals surface area contributed by atoms with Gasteiger partial charge in [0.2, 0.25) is 17.9 Å². The number of amides is 2. The van der Waals surface area contributed by atoms with E-state index in [1.807, 2.05) is 51.1 Å². The molecule has 0 spiro atoms. The lowest BCUT2D eigenvalue weighted by Gasteiger charge is -2.28. The van der Waals surface area contributed by atoms with Gasteiger partial charge in [-0.3, -0.25) is 14.4 Å². The van der Waals surface area contributed by atoms with Crippen molar-refractivity contribution in [3.63, 3.8) is 0 Å².